The van der Waals surface area contributed by atoms with Crippen LogP contribution in [0.1, 0.15) is 0 Å². The van der Waals surface area contributed by atoms with Crippen LogP contribution in [0.4, 0.5) is 0 Å². The van der Waals surface area contributed by atoms with Crippen molar-refractivity contribution in [2.75, 3.05) is 20.3 Å². The molecule has 0 radical (unpaired) electrons. The molecule has 0 spiro atoms. The van der Waals surface area contributed by atoms with Gasteiger partial charge in [-0.25, -0.2) is 0 Å². The van der Waals surface area contributed by atoms with Gasteiger partial charge in [0.1, 0.15) is 18.3 Å². The molecule has 68 valence electrons. The van der Waals surface area contributed by atoms with Gasteiger partial charge < -0.3 is 25.2 Å². The van der Waals surface area contributed by atoms with E-state index in [0.717, 1.165) is 0 Å². The second kappa shape index (κ2) is 5.45. The fourth-order valence-corrected chi connectivity index (χ4v) is 0.678. The summed E-state index contributed by atoms with van der Waals surface area (Å²) < 4.78 is 4.61. The minimum Gasteiger partial charge on any atom is -0.394 e. The Morgan fingerprint density at radius 3 is 2.00 bits per heavy atom. The first-order valence-electron chi connectivity index (χ1n) is 3.28. The van der Waals surface area contributed by atoms with E-state index in [-0.39, 0.29) is 0 Å². The highest BCUT2D eigenvalue weighted by Gasteiger charge is 2.24. The lowest BCUT2D eigenvalue weighted by Gasteiger charge is -2.22. The molecule has 0 aliphatic heterocycles. The normalized spacial score (nSPS) is 19.4. The van der Waals surface area contributed by atoms with Gasteiger partial charge in [0, 0.05) is 7.11 Å². The second-order valence-corrected chi connectivity index (χ2v) is 2.20. The first-order valence-corrected chi connectivity index (χ1v) is 3.28. The molecular formula is C6H14O5. The molecule has 0 aromatic rings. The second-order valence-electron chi connectivity index (χ2n) is 2.20. The average Bonchev–Trinajstić information content (AvgIpc) is 2.05. The molecule has 0 amide bonds. The van der Waals surface area contributed by atoms with Gasteiger partial charge in [0.25, 0.3) is 0 Å². The summed E-state index contributed by atoms with van der Waals surface area (Å²) in [6, 6.07) is 0. The Balaban J connectivity index is 3.86. The third-order valence-electron chi connectivity index (χ3n) is 1.44. The van der Waals surface area contributed by atoms with Gasteiger partial charge in [-0.1, -0.05) is 0 Å². The maximum absolute atomic E-state index is 9.08. The molecule has 5 nitrogen and oxygen atoms in total. The molecule has 0 saturated heterocycles. The quantitative estimate of drug-likeness (QED) is 0.369. The van der Waals surface area contributed by atoms with Crippen LogP contribution in [0, 0.1) is 0 Å². The zero-order valence-electron chi connectivity index (χ0n) is 6.34. The minimum absolute atomic E-state index is 0.394. The summed E-state index contributed by atoms with van der Waals surface area (Å²) in [5.74, 6) is 0. The molecule has 3 atom stereocenters. The van der Waals surface area contributed by atoms with Crippen LogP contribution in [0.15, 0.2) is 0 Å². The van der Waals surface area contributed by atoms with Crippen molar-refractivity contribution < 1.29 is 25.2 Å². The lowest BCUT2D eigenvalue weighted by molar-refractivity contribution is -0.104. The minimum atomic E-state index is -1.27. The first-order chi connectivity index (χ1) is 5.17. The summed E-state index contributed by atoms with van der Waals surface area (Å²) in [5, 5.41) is 34.9. The molecule has 0 fully saturated rings. The van der Waals surface area contributed by atoms with Gasteiger partial charge in [-0.05, 0) is 0 Å². The van der Waals surface area contributed by atoms with Crippen LogP contribution in [0.3, 0.4) is 0 Å². The molecule has 0 rings (SSSR count). The van der Waals surface area contributed by atoms with Gasteiger partial charge in [0.05, 0.1) is 13.2 Å². The van der Waals surface area contributed by atoms with E-state index in [1.807, 2.05) is 0 Å². The van der Waals surface area contributed by atoms with Crippen LogP contribution in [-0.4, -0.2) is 59.1 Å². The Morgan fingerprint density at radius 2 is 1.73 bits per heavy atom. The van der Waals surface area contributed by atoms with Gasteiger partial charge in [0.2, 0.25) is 0 Å². The molecular weight excluding hydrogens is 152 g/mol. The summed E-state index contributed by atoms with van der Waals surface area (Å²) >= 11 is 0. The van der Waals surface area contributed by atoms with E-state index in [1.165, 1.54) is 7.11 Å². The van der Waals surface area contributed by atoms with Crippen molar-refractivity contribution in [2.24, 2.45) is 0 Å². The summed E-state index contributed by atoms with van der Waals surface area (Å²) in [6.07, 6.45) is -3.38. The molecule has 3 unspecified atom stereocenters. The topological polar surface area (TPSA) is 90.2 Å². The highest BCUT2D eigenvalue weighted by atomic mass is 16.5. The molecule has 0 bridgehead atoms. The SMILES string of the molecule is COC(CO)C(O)C(O)CO. The smallest absolute Gasteiger partial charge is 0.110 e. The van der Waals surface area contributed by atoms with E-state index in [2.05, 4.69) is 4.74 Å². The summed E-state index contributed by atoms with van der Waals surface area (Å²) in [5.41, 5.74) is 0. The molecule has 0 aliphatic carbocycles. The van der Waals surface area contributed by atoms with E-state index < -0.39 is 31.5 Å². The van der Waals surface area contributed by atoms with Gasteiger partial charge in [0.15, 0.2) is 0 Å². The Morgan fingerprint density at radius 1 is 1.18 bits per heavy atom. The molecule has 11 heavy (non-hydrogen) atoms. The van der Waals surface area contributed by atoms with Gasteiger partial charge in [-0.3, -0.25) is 0 Å². The molecule has 0 aromatic heterocycles. The Kier molecular flexibility index (Phi) is 5.35. The zero-order valence-corrected chi connectivity index (χ0v) is 6.34. The summed E-state index contributed by atoms with van der Waals surface area (Å²) in [6.45, 7) is -0.949. The van der Waals surface area contributed by atoms with E-state index >= 15 is 0 Å². The monoisotopic (exact) mass is 166 g/mol. The van der Waals surface area contributed by atoms with Crippen molar-refractivity contribution in [3.63, 3.8) is 0 Å². The number of ether oxygens (including phenoxy) is 1. The lowest BCUT2D eigenvalue weighted by atomic mass is 10.1. The van der Waals surface area contributed by atoms with Crippen molar-refractivity contribution in [1.82, 2.24) is 0 Å². The Bertz CT molecular complexity index is 93.0. The number of hydrogen-bond donors (Lipinski definition) is 4. The van der Waals surface area contributed by atoms with Crippen LogP contribution in [0.5, 0.6) is 0 Å². The number of hydrogen-bond acceptors (Lipinski definition) is 5. The van der Waals surface area contributed by atoms with Crippen molar-refractivity contribution in [3.8, 4) is 0 Å². The van der Waals surface area contributed by atoms with E-state index in [4.69, 9.17) is 20.4 Å². The van der Waals surface area contributed by atoms with Crippen LogP contribution in [-0.2, 0) is 4.74 Å². The van der Waals surface area contributed by atoms with E-state index in [1.54, 1.807) is 0 Å². The molecule has 5 heteroatoms. The summed E-state index contributed by atoms with van der Waals surface area (Å²) in [7, 11) is 1.30. The number of aliphatic hydroxyl groups excluding tert-OH is 4. The number of rotatable bonds is 5. The highest BCUT2D eigenvalue weighted by molar-refractivity contribution is 4.74. The molecule has 0 heterocycles. The van der Waals surface area contributed by atoms with Crippen molar-refractivity contribution in [3.05, 3.63) is 0 Å². The number of methoxy groups -OCH3 is 1. The first kappa shape index (κ1) is 10.8. The van der Waals surface area contributed by atoms with Gasteiger partial charge in [-0.15, -0.1) is 0 Å². The third kappa shape index (κ3) is 3.13. The molecule has 4 N–H and O–H groups in total. The lowest BCUT2D eigenvalue weighted by Crippen LogP contribution is -2.42. The Hall–Kier alpha value is -0.200. The highest BCUT2D eigenvalue weighted by Crippen LogP contribution is 2.02. The van der Waals surface area contributed by atoms with Crippen molar-refractivity contribution in [1.29, 1.82) is 0 Å². The standard InChI is InChI=1S/C6H14O5/c1-11-5(3-8)6(10)4(9)2-7/h4-10H,2-3H2,1H3. The largest absolute Gasteiger partial charge is 0.394 e. The third-order valence-corrected chi connectivity index (χ3v) is 1.44. The van der Waals surface area contributed by atoms with Crippen LogP contribution in [0.2, 0.25) is 0 Å². The predicted molar refractivity (Wildman–Crippen MR) is 37.0 cm³/mol. The van der Waals surface area contributed by atoms with Crippen LogP contribution in [0.25, 0.3) is 0 Å². The fourth-order valence-electron chi connectivity index (χ4n) is 0.678. The van der Waals surface area contributed by atoms with E-state index in [9.17, 15) is 0 Å². The van der Waals surface area contributed by atoms with Gasteiger partial charge in [-0.2, -0.15) is 0 Å². The van der Waals surface area contributed by atoms with Crippen LogP contribution >= 0.6 is 0 Å². The average molecular weight is 166 g/mol. The predicted octanol–water partition coefficient (Wildman–Crippen LogP) is -2.29. The van der Waals surface area contributed by atoms with Crippen molar-refractivity contribution in [2.45, 2.75) is 18.3 Å². The fraction of sp³-hybridized carbons (Fsp3) is 1.00. The number of aliphatic hydroxyl groups is 4. The van der Waals surface area contributed by atoms with Crippen molar-refractivity contribution >= 4 is 0 Å². The molecule has 0 aliphatic rings. The molecule has 0 saturated carbocycles. The maximum atomic E-state index is 9.08. The van der Waals surface area contributed by atoms with Crippen LogP contribution < -0.4 is 0 Å². The molecule has 0 aromatic carbocycles. The Labute approximate surface area is 64.9 Å². The zero-order chi connectivity index (χ0) is 8.85. The maximum Gasteiger partial charge on any atom is 0.110 e. The summed E-state index contributed by atoms with van der Waals surface area (Å²) in [4.78, 5) is 0. The van der Waals surface area contributed by atoms with Gasteiger partial charge >= 0.3 is 0 Å². The van der Waals surface area contributed by atoms with E-state index in [0.29, 0.717) is 0 Å².